The lowest BCUT2D eigenvalue weighted by molar-refractivity contribution is -0.125. The molecule has 18 heavy (non-hydrogen) atoms. The predicted molar refractivity (Wildman–Crippen MR) is 69.2 cm³/mol. The zero-order valence-corrected chi connectivity index (χ0v) is 10.6. The monoisotopic (exact) mass is 253 g/mol. The van der Waals surface area contributed by atoms with Crippen molar-refractivity contribution in [1.29, 1.82) is 0 Å². The SMILES string of the molecule is CCCNc1cc(NCC(O)C(N)=O)nc(C)n1. The number of amides is 1. The van der Waals surface area contributed by atoms with Gasteiger partial charge in [0, 0.05) is 12.6 Å². The molecule has 0 radical (unpaired) electrons. The first-order valence-electron chi connectivity index (χ1n) is 5.83. The van der Waals surface area contributed by atoms with Crippen molar-refractivity contribution in [2.45, 2.75) is 26.4 Å². The molecular weight excluding hydrogens is 234 g/mol. The Morgan fingerprint density at radius 2 is 2.06 bits per heavy atom. The molecule has 1 aromatic rings. The number of carbonyl (C=O) groups is 1. The molecule has 0 aliphatic heterocycles. The largest absolute Gasteiger partial charge is 0.381 e. The van der Waals surface area contributed by atoms with E-state index in [1.807, 2.05) is 0 Å². The van der Waals surface area contributed by atoms with Crippen LogP contribution >= 0.6 is 0 Å². The summed E-state index contributed by atoms with van der Waals surface area (Å²) in [5, 5.41) is 15.3. The number of nitrogens with one attached hydrogen (secondary N) is 2. The number of hydrogen-bond acceptors (Lipinski definition) is 6. The number of aryl methyl sites for hydroxylation is 1. The molecule has 5 N–H and O–H groups in total. The third-order valence-electron chi connectivity index (χ3n) is 2.20. The van der Waals surface area contributed by atoms with Gasteiger partial charge in [-0.2, -0.15) is 0 Å². The zero-order valence-electron chi connectivity index (χ0n) is 10.6. The highest BCUT2D eigenvalue weighted by molar-refractivity contribution is 5.79. The van der Waals surface area contributed by atoms with Gasteiger partial charge in [-0.05, 0) is 13.3 Å². The average Bonchev–Trinajstić information content (AvgIpc) is 2.32. The number of aliphatic hydroxyl groups is 1. The maximum Gasteiger partial charge on any atom is 0.248 e. The van der Waals surface area contributed by atoms with E-state index < -0.39 is 12.0 Å². The summed E-state index contributed by atoms with van der Waals surface area (Å²) in [5.74, 6) is 1.09. The van der Waals surface area contributed by atoms with Gasteiger partial charge in [-0.3, -0.25) is 4.79 Å². The Morgan fingerprint density at radius 1 is 1.44 bits per heavy atom. The van der Waals surface area contributed by atoms with Crippen LogP contribution in [-0.4, -0.2) is 40.2 Å². The van der Waals surface area contributed by atoms with Crippen LogP contribution in [0.25, 0.3) is 0 Å². The number of primary amides is 1. The standard InChI is InChI=1S/C11H19N5O2/c1-3-4-13-9-5-10(16-7(2)15-9)14-6-8(17)11(12)18/h5,8,17H,3-4,6H2,1-2H3,(H2,12,18)(H2,13,14,15,16). The highest BCUT2D eigenvalue weighted by Crippen LogP contribution is 2.10. The molecule has 0 aliphatic rings. The number of carbonyl (C=O) groups excluding carboxylic acids is 1. The Labute approximate surface area is 106 Å². The number of nitrogens with two attached hydrogens (primary N) is 1. The first-order valence-corrected chi connectivity index (χ1v) is 5.83. The molecule has 7 nitrogen and oxygen atoms in total. The number of nitrogens with zero attached hydrogens (tertiary/aromatic N) is 2. The maximum absolute atomic E-state index is 10.7. The second kappa shape index (κ2) is 6.75. The Morgan fingerprint density at radius 3 is 2.61 bits per heavy atom. The topological polar surface area (TPSA) is 113 Å². The van der Waals surface area contributed by atoms with Gasteiger partial charge in [0.1, 0.15) is 23.6 Å². The minimum Gasteiger partial charge on any atom is -0.381 e. The Kier molecular flexibility index (Phi) is 5.31. The van der Waals surface area contributed by atoms with Crippen LogP contribution in [0.2, 0.25) is 0 Å². The van der Waals surface area contributed by atoms with Gasteiger partial charge in [0.05, 0.1) is 6.54 Å². The summed E-state index contributed by atoms with van der Waals surface area (Å²) < 4.78 is 0. The van der Waals surface area contributed by atoms with Gasteiger partial charge >= 0.3 is 0 Å². The van der Waals surface area contributed by atoms with Gasteiger partial charge in [0.15, 0.2) is 0 Å². The molecule has 0 aromatic carbocycles. The summed E-state index contributed by atoms with van der Waals surface area (Å²) in [6.45, 7) is 4.68. The Hall–Kier alpha value is -1.89. The van der Waals surface area contributed by atoms with Crippen molar-refractivity contribution >= 4 is 17.5 Å². The summed E-state index contributed by atoms with van der Waals surface area (Å²) in [6.07, 6.45) is -0.237. The third kappa shape index (κ3) is 4.54. The van der Waals surface area contributed by atoms with Gasteiger partial charge in [0.25, 0.3) is 0 Å². The molecule has 0 fully saturated rings. The summed E-state index contributed by atoms with van der Waals surface area (Å²) in [5.41, 5.74) is 4.95. The average molecular weight is 253 g/mol. The van der Waals surface area contributed by atoms with Crippen molar-refractivity contribution in [3.8, 4) is 0 Å². The minimum absolute atomic E-state index is 0.0268. The van der Waals surface area contributed by atoms with Crippen molar-refractivity contribution < 1.29 is 9.90 Å². The van der Waals surface area contributed by atoms with Crippen LogP contribution < -0.4 is 16.4 Å². The van der Waals surface area contributed by atoms with Gasteiger partial charge in [-0.1, -0.05) is 6.92 Å². The fourth-order valence-corrected chi connectivity index (χ4v) is 1.30. The Balaban J connectivity index is 2.64. The fourth-order valence-electron chi connectivity index (χ4n) is 1.30. The lowest BCUT2D eigenvalue weighted by Crippen LogP contribution is -2.34. The van der Waals surface area contributed by atoms with Crippen molar-refractivity contribution in [3.63, 3.8) is 0 Å². The van der Waals surface area contributed by atoms with Crippen LogP contribution in [0.3, 0.4) is 0 Å². The van der Waals surface area contributed by atoms with E-state index in [0.717, 1.165) is 13.0 Å². The minimum atomic E-state index is -1.23. The normalized spacial score (nSPS) is 11.9. The molecule has 0 saturated heterocycles. The predicted octanol–water partition coefficient (Wildman–Crippen LogP) is -0.135. The number of aliphatic hydroxyl groups excluding tert-OH is 1. The summed E-state index contributed by atoms with van der Waals surface area (Å²) in [4.78, 5) is 19.0. The number of rotatable bonds is 7. The van der Waals surface area contributed by atoms with Gasteiger partial charge in [0.2, 0.25) is 5.91 Å². The van der Waals surface area contributed by atoms with Crippen molar-refractivity contribution in [1.82, 2.24) is 9.97 Å². The van der Waals surface area contributed by atoms with Crippen molar-refractivity contribution in [3.05, 3.63) is 11.9 Å². The molecule has 0 bridgehead atoms. The maximum atomic E-state index is 10.7. The Bertz CT molecular complexity index is 410. The molecule has 100 valence electrons. The third-order valence-corrected chi connectivity index (χ3v) is 2.20. The molecule has 1 heterocycles. The van der Waals surface area contributed by atoms with E-state index in [9.17, 15) is 9.90 Å². The molecule has 1 rings (SSSR count). The van der Waals surface area contributed by atoms with Gasteiger partial charge in [-0.25, -0.2) is 9.97 Å². The van der Waals surface area contributed by atoms with E-state index in [-0.39, 0.29) is 6.54 Å². The van der Waals surface area contributed by atoms with Crippen LogP contribution in [0.5, 0.6) is 0 Å². The first kappa shape index (κ1) is 14.2. The molecule has 0 saturated carbocycles. The van der Waals surface area contributed by atoms with E-state index in [4.69, 9.17) is 5.73 Å². The number of aromatic nitrogens is 2. The summed E-state index contributed by atoms with van der Waals surface area (Å²) in [7, 11) is 0. The van der Waals surface area contributed by atoms with Crippen LogP contribution in [-0.2, 0) is 4.79 Å². The highest BCUT2D eigenvalue weighted by atomic mass is 16.3. The van der Waals surface area contributed by atoms with Gasteiger partial charge in [-0.15, -0.1) is 0 Å². The van der Waals surface area contributed by atoms with E-state index in [2.05, 4.69) is 27.5 Å². The fraction of sp³-hybridized carbons (Fsp3) is 0.545. The van der Waals surface area contributed by atoms with Crippen LogP contribution in [0.1, 0.15) is 19.2 Å². The molecule has 1 amide bonds. The van der Waals surface area contributed by atoms with E-state index in [1.165, 1.54) is 0 Å². The van der Waals surface area contributed by atoms with Crippen LogP contribution in [0, 0.1) is 6.92 Å². The lowest BCUT2D eigenvalue weighted by atomic mass is 10.3. The molecule has 1 unspecified atom stereocenters. The molecule has 0 aliphatic carbocycles. The second-order valence-electron chi connectivity index (χ2n) is 3.91. The highest BCUT2D eigenvalue weighted by Gasteiger charge is 2.10. The van der Waals surface area contributed by atoms with E-state index >= 15 is 0 Å². The molecule has 7 heteroatoms. The van der Waals surface area contributed by atoms with Crippen molar-refractivity contribution in [2.75, 3.05) is 23.7 Å². The zero-order chi connectivity index (χ0) is 13.5. The van der Waals surface area contributed by atoms with E-state index in [0.29, 0.717) is 17.5 Å². The molecular formula is C11H19N5O2. The second-order valence-corrected chi connectivity index (χ2v) is 3.91. The summed E-state index contributed by atoms with van der Waals surface area (Å²) in [6, 6.07) is 1.72. The first-order chi connectivity index (χ1) is 8.52. The quantitative estimate of drug-likeness (QED) is 0.538. The molecule has 0 spiro atoms. The van der Waals surface area contributed by atoms with Crippen LogP contribution in [0.15, 0.2) is 6.07 Å². The number of anilines is 2. The smallest absolute Gasteiger partial charge is 0.248 e. The van der Waals surface area contributed by atoms with Crippen molar-refractivity contribution in [2.24, 2.45) is 5.73 Å². The molecule has 1 aromatic heterocycles. The van der Waals surface area contributed by atoms with Crippen LogP contribution in [0.4, 0.5) is 11.6 Å². The van der Waals surface area contributed by atoms with Gasteiger partial charge < -0.3 is 21.5 Å². The molecule has 1 atom stereocenters. The number of hydrogen-bond donors (Lipinski definition) is 4. The van der Waals surface area contributed by atoms with E-state index in [1.54, 1.807) is 13.0 Å². The lowest BCUT2D eigenvalue weighted by Gasteiger charge is -2.11. The summed E-state index contributed by atoms with van der Waals surface area (Å²) >= 11 is 0.